The molecule has 164 valence electrons. The number of amidine groups is 1. The summed E-state index contributed by atoms with van der Waals surface area (Å²) in [6.07, 6.45) is 0. The fourth-order valence-electron chi connectivity index (χ4n) is 4.30. The minimum Gasteiger partial charge on any atom is -0.509 e. The van der Waals surface area contributed by atoms with Gasteiger partial charge in [0.1, 0.15) is 17.4 Å². The topological polar surface area (TPSA) is 99.6 Å². The van der Waals surface area contributed by atoms with E-state index >= 15 is 0 Å². The first-order chi connectivity index (χ1) is 15.4. The quantitative estimate of drug-likeness (QED) is 0.550. The third-order valence-corrected chi connectivity index (χ3v) is 6.26. The van der Waals surface area contributed by atoms with E-state index in [4.69, 9.17) is 5.41 Å². The van der Waals surface area contributed by atoms with Crippen molar-refractivity contribution in [3.63, 3.8) is 0 Å². The van der Waals surface area contributed by atoms with Crippen molar-refractivity contribution in [1.82, 2.24) is 14.9 Å². The maximum Gasteiger partial charge on any atom is 0.159 e. The first kappa shape index (κ1) is 20.3. The maximum atomic E-state index is 11.5. The molecule has 8 heteroatoms. The Balaban J connectivity index is 1.41. The lowest BCUT2D eigenvalue weighted by Gasteiger charge is -2.34. The molecular formula is C24H26N6O2. The van der Waals surface area contributed by atoms with Crippen molar-refractivity contribution in [3.8, 4) is 0 Å². The molecule has 2 aliphatic heterocycles. The summed E-state index contributed by atoms with van der Waals surface area (Å²) in [7, 11) is 2.14. The number of hydrogen-bond donors (Lipinski definition) is 3. The summed E-state index contributed by atoms with van der Waals surface area (Å²) in [6.45, 7) is 5.75. The Hall–Kier alpha value is -3.65. The van der Waals surface area contributed by atoms with Crippen molar-refractivity contribution < 1.29 is 9.90 Å². The highest BCUT2D eigenvalue weighted by Gasteiger charge is 2.31. The summed E-state index contributed by atoms with van der Waals surface area (Å²) in [6, 6.07) is 13.2. The Morgan fingerprint density at radius 2 is 1.75 bits per heavy atom. The van der Waals surface area contributed by atoms with Gasteiger partial charge in [-0.3, -0.25) is 10.2 Å². The number of rotatable bonds is 4. The Kier molecular flexibility index (Phi) is 4.94. The number of aliphatic hydroxyl groups excluding tert-OH is 1. The molecule has 2 aromatic carbocycles. The number of aromatic amines is 1. The maximum absolute atomic E-state index is 11.5. The van der Waals surface area contributed by atoms with Crippen LogP contribution in [0.25, 0.3) is 16.6 Å². The van der Waals surface area contributed by atoms with E-state index in [0.29, 0.717) is 17.0 Å². The van der Waals surface area contributed by atoms with Gasteiger partial charge in [-0.2, -0.15) is 0 Å². The van der Waals surface area contributed by atoms with Gasteiger partial charge in [0.25, 0.3) is 0 Å². The highest BCUT2D eigenvalue weighted by atomic mass is 16.3. The fraction of sp³-hybridized carbons (Fsp3) is 0.292. The number of nitrogens with one attached hydrogen (secondary N) is 2. The number of benzene rings is 2. The molecule has 0 saturated carbocycles. The predicted molar refractivity (Wildman–Crippen MR) is 127 cm³/mol. The number of piperazine rings is 1. The first-order valence-corrected chi connectivity index (χ1v) is 10.7. The molecule has 32 heavy (non-hydrogen) atoms. The van der Waals surface area contributed by atoms with Crippen LogP contribution in [0.5, 0.6) is 0 Å². The molecule has 0 amide bonds. The van der Waals surface area contributed by atoms with Crippen molar-refractivity contribution in [2.45, 2.75) is 6.92 Å². The van der Waals surface area contributed by atoms with Gasteiger partial charge in [-0.1, -0.05) is 0 Å². The normalized spacial score (nSPS) is 17.6. The molecular weight excluding hydrogens is 404 g/mol. The molecule has 0 radical (unpaired) electrons. The Morgan fingerprint density at radius 3 is 2.44 bits per heavy atom. The standard InChI is InChI=1S/C24H26N6O2/c1-15(31)16-3-5-17(6-4-16)30-14-21(32)22(23(30)25)24-26-19-8-7-18(13-20(19)27-24)29-11-9-28(2)10-12-29/h3-8,13,25,32H,9-12,14H2,1-2H3,(H,26,27). The zero-order chi connectivity index (χ0) is 22.4. The predicted octanol–water partition coefficient (Wildman–Crippen LogP) is 3.28. The number of carbonyl (C=O) groups excluding carboxylic acids is 1. The van der Waals surface area contributed by atoms with E-state index in [9.17, 15) is 9.90 Å². The SMILES string of the molecule is CC(=O)c1ccc(N2CC(O)=C(c3nc4ccc(N5CCN(C)CC5)cc4[nH]3)C2=N)cc1. The number of hydrogen-bond acceptors (Lipinski definition) is 6. The van der Waals surface area contributed by atoms with Gasteiger partial charge in [0, 0.05) is 43.1 Å². The molecule has 1 saturated heterocycles. The van der Waals surface area contributed by atoms with Gasteiger partial charge in [-0.05, 0) is 56.4 Å². The number of likely N-dealkylation sites (N-methyl/N-ethyl adjacent to an activating group) is 1. The molecule has 0 aliphatic carbocycles. The summed E-state index contributed by atoms with van der Waals surface area (Å²) < 4.78 is 0. The number of fused-ring (bicyclic) bond motifs is 1. The molecule has 0 spiro atoms. The van der Waals surface area contributed by atoms with Crippen molar-refractivity contribution in [3.05, 3.63) is 59.6 Å². The molecule has 1 fully saturated rings. The summed E-state index contributed by atoms with van der Waals surface area (Å²) in [5.74, 6) is 0.759. The van der Waals surface area contributed by atoms with Crippen LogP contribution >= 0.6 is 0 Å². The monoisotopic (exact) mass is 430 g/mol. The van der Waals surface area contributed by atoms with Crippen LogP contribution in [-0.2, 0) is 0 Å². The van der Waals surface area contributed by atoms with Crippen molar-refractivity contribution in [2.75, 3.05) is 49.6 Å². The summed E-state index contributed by atoms with van der Waals surface area (Å²) in [4.78, 5) is 25.9. The second-order valence-corrected chi connectivity index (χ2v) is 8.44. The fourth-order valence-corrected chi connectivity index (χ4v) is 4.30. The van der Waals surface area contributed by atoms with E-state index in [0.717, 1.165) is 48.6 Å². The highest BCUT2D eigenvalue weighted by molar-refractivity contribution is 6.30. The molecule has 2 aliphatic rings. The number of carbonyl (C=O) groups is 1. The molecule has 8 nitrogen and oxygen atoms in total. The minimum atomic E-state index is -0.00655. The van der Waals surface area contributed by atoms with Crippen LogP contribution in [0.3, 0.4) is 0 Å². The van der Waals surface area contributed by atoms with Gasteiger partial charge in [0.15, 0.2) is 5.78 Å². The molecule has 1 aromatic heterocycles. The third-order valence-electron chi connectivity index (χ3n) is 6.26. The summed E-state index contributed by atoms with van der Waals surface area (Å²) in [5.41, 5.74) is 4.59. The molecule has 3 N–H and O–H groups in total. The van der Waals surface area contributed by atoms with Crippen molar-refractivity contribution in [1.29, 1.82) is 5.41 Å². The van der Waals surface area contributed by atoms with Crippen LogP contribution in [0.2, 0.25) is 0 Å². The van der Waals surface area contributed by atoms with E-state index in [1.165, 1.54) is 6.92 Å². The molecule has 0 unspecified atom stereocenters. The molecule has 0 atom stereocenters. The number of imidazole rings is 1. The average Bonchev–Trinajstić information content (AvgIpc) is 3.33. The number of H-pyrrole nitrogens is 1. The van der Waals surface area contributed by atoms with Crippen molar-refractivity contribution >= 4 is 39.6 Å². The van der Waals surface area contributed by atoms with Gasteiger partial charge in [0.05, 0.1) is 23.2 Å². The lowest BCUT2D eigenvalue weighted by atomic mass is 10.1. The lowest BCUT2D eigenvalue weighted by Crippen LogP contribution is -2.44. The largest absolute Gasteiger partial charge is 0.509 e. The van der Waals surface area contributed by atoms with Gasteiger partial charge in [-0.15, -0.1) is 0 Å². The zero-order valence-corrected chi connectivity index (χ0v) is 18.2. The first-order valence-electron chi connectivity index (χ1n) is 10.7. The number of ketones is 1. The van der Waals surface area contributed by atoms with Gasteiger partial charge >= 0.3 is 0 Å². The zero-order valence-electron chi connectivity index (χ0n) is 18.2. The number of anilines is 2. The molecule has 3 aromatic rings. The van der Waals surface area contributed by atoms with E-state index < -0.39 is 0 Å². The average molecular weight is 431 g/mol. The van der Waals surface area contributed by atoms with E-state index in [1.54, 1.807) is 29.2 Å². The highest BCUT2D eigenvalue weighted by Crippen LogP contribution is 2.32. The second-order valence-electron chi connectivity index (χ2n) is 8.44. The van der Waals surface area contributed by atoms with E-state index in [-0.39, 0.29) is 23.9 Å². The summed E-state index contributed by atoms with van der Waals surface area (Å²) >= 11 is 0. The van der Waals surface area contributed by atoms with Crippen LogP contribution in [0.1, 0.15) is 23.1 Å². The number of aromatic nitrogens is 2. The van der Waals surface area contributed by atoms with Gasteiger partial charge in [-0.25, -0.2) is 4.98 Å². The van der Waals surface area contributed by atoms with Gasteiger partial charge in [0.2, 0.25) is 0 Å². The van der Waals surface area contributed by atoms with Crippen LogP contribution in [-0.4, -0.2) is 71.4 Å². The van der Waals surface area contributed by atoms with Crippen LogP contribution in [0.15, 0.2) is 48.2 Å². The minimum absolute atomic E-state index is 0.00655. The smallest absolute Gasteiger partial charge is 0.159 e. The van der Waals surface area contributed by atoms with Crippen molar-refractivity contribution in [2.24, 2.45) is 0 Å². The summed E-state index contributed by atoms with van der Waals surface area (Å²) in [5, 5.41) is 19.3. The van der Waals surface area contributed by atoms with Crippen LogP contribution in [0.4, 0.5) is 11.4 Å². The van der Waals surface area contributed by atoms with Crippen LogP contribution < -0.4 is 9.80 Å². The lowest BCUT2D eigenvalue weighted by molar-refractivity contribution is 0.101. The second kappa shape index (κ2) is 7.80. The van der Waals surface area contributed by atoms with Crippen LogP contribution in [0, 0.1) is 5.41 Å². The Morgan fingerprint density at radius 1 is 1.06 bits per heavy atom. The number of aliphatic hydroxyl groups is 1. The number of Topliss-reactive ketones (excluding diaryl/α,β-unsaturated/α-hetero) is 1. The van der Waals surface area contributed by atoms with E-state index in [1.807, 2.05) is 6.07 Å². The molecule has 5 rings (SSSR count). The van der Waals surface area contributed by atoms with Gasteiger partial charge < -0.3 is 24.8 Å². The molecule has 0 bridgehead atoms. The molecule has 3 heterocycles. The Bertz CT molecular complexity index is 1240. The number of nitrogens with zero attached hydrogens (tertiary/aromatic N) is 4. The van der Waals surface area contributed by atoms with E-state index in [2.05, 4.69) is 38.9 Å². The third kappa shape index (κ3) is 3.52. The Labute approximate surface area is 186 Å².